The van der Waals surface area contributed by atoms with Gasteiger partial charge in [0, 0.05) is 44.3 Å². The van der Waals surface area contributed by atoms with Crippen LogP contribution in [-0.2, 0) is 15.9 Å². The Labute approximate surface area is 110 Å². The molecule has 0 aliphatic carbocycles. The Bertz CT molecular complexity index is 365. The maximum absolute atomic E-state index is 13.3. The van der Waals surface area contributed by atoms with Gasteiger partial charge in [-0.05, 0) is 0 Å². The number of hydrogen-bond acceptors (Lipinski definition) is 3. The molecule has 0 aliphatic rings. The van der Waals surface area contributed by atoms with Crippen molar-refractivity contribution in [1.29, 1.82) is 0 Å². The Morgan fingerprint density at radius 2 is 1.63 bits per heavy atom. The highest BCUT2D eigenvalue weighted by molar-refractivity contribution is 5.20. The van der Waals surface area contributed by atoms with Crippen LogP contribution in [0.5, 0.6) is 0 Å². The lowest BCUT2D eigenvalue weighted by molar-refractivity contribution is 0.134. The van der Waals surface area contributed by atoms with Gasteiger partial charge in [0.2, 0.25) is 0 Å². The fraction of sp³-hybridized carbons (Fsp3) is 0.538. The van der Waals surface area contributed by atoms with E-state index in [2.05, 4.69) is 5.32 Å². The van der Waals surface area contributed by atoms with Crippen molar-refractivity contribution in [3.05, 3.63) is 35.1 Å². The van der Waals surface area contributed by atoms with Crippen molar-refractivity contribution in [2.24, 2.45) is 0 Å². The average molecular weight is 277 g/mol. The Balaban J connectivity index is 2.19. The molecule has 1 rings (SSSR count). The van der Waals surface area contributed by atoms with Crippen LogP contribution in [0.25, 0.3) is 0 Å². The molecule has 108 valence electrons. The zero-order chi connectivity index (χ0) is 14.1. The van der Waals surface area contributed by atoms with Gasteiger partial charge in [0.15, 0.2) is 0 Å². The van der Waals surface area contributed by atoms with E-state index in [0.717, 1.165) is 6.54 Å². The zero-order valence-electron chi connectivity index (χ0n) is 10.8. The van der Waals surface area contributed by atoms with Crippen LogP contribution in [0.2, 0.25) is 0 Å². The first-order valence-corrected chi connectivity index (χ1v) is 6.06. The second-order valence-corrected chi connectivity index (χ2v) is 3.95. The van der Waals surface area contributed by atoms with E-state index >= 15 is 0 Å². The number of nitrogens with one attached hydrogen (secondary N) is 1. The van der Waals surface area contributed by atoms with E-state index in [1.807, 2.05) is 0 Å². The fourth-order valence-electron chi connectivity index (χ4n) is 1.53. The summed E-state index contributed by atoms with van der Waals surface area (Å²) in [6.45, 7) is 2.60. The predicted molar refractivity (Wildman–Crippen MR) is 65.6 cm³/mol. The maximum Gasteiger partial charge on any atom is 0.132 e. The van der Waals surface area contributed by atoms with Gasteiger partial charge >= 0.3 is 0 Å². The fourth-order valence-corrected chi connectivity index (χ4v) is 1.53. The van der Waals surface area contributed by atoms with E-state index in [-0.39, 0.29) is 18.6 Å². The summed E-state index contributed by atoms with van der Waals surface area (Å²) in [4.78, 5) is 0. The molecule has 3 nitrogen and oxygen atoms in total. The normalized spacial score (nSPS) is 10.9. The van der Waals surface area contributed by atoms with Gasteiger partial charge in [-0.15, -0.1) is 0 Å². The molecule has 0 aliphatic heterocycles. The molecule has 0 amide bonds. The van der Waals surface area contributed by atoms with E-state index in [1.54, 1.807) is 7.11 Å². The minimum Gasteiger partial charge on any atom is -0.383 e. The standard InChI is InChI=1S/C13H18F3NO2/c1-18-6-3-17-4-7-19-5-2-11-12(15)8-10(14)9-13(11)16/h8-9,17H,2-7H2,1H3. The summed E-state index contributed by atoms with van der Waals surface area (Å²) in [6, 6.07) is 1.34. The van der Waals surface area contributed by atoms with Gasteiger partial charge in [0.25, 0.3) is 0 Å². The van der Waals surface area contributed by atoms with Crippen LogP contribution in [0, 0.1) is 17.5 Å². The topological polar surface area (TPSA) is 30.5 Å². The van der Waals surface area contributed by atoms with Crippen molar-refractivity contribution in [2.75, 3.05) is 40.0 Å². The van der Waals surface area contributed by atoms with E-state index in [4.69, 9.17) is 9.47 Å². The Morgan fingerprint density at radius 1 is 1.00 bits per heavy atom. The lowest BCUT2D eigenvalue weighted by Crippen LogP contribution is -2.24. The van der Waals surface area contributed by atoms with Crippen molar-refractivity contribution < 1.29 is 22.6 Å². The zero-order valence-corrected chi connectivity index (χ0v) is 10.8. The van der Waals surface area contributed by atoms with E-state index < -0.39 is 17.5 Å². The van der Waals surface area contributed by atoms with Gasteiger partial charge in [0.1, 0.15) is 17.5 Å². The average Bonchev–Trinajstić information content (AvgIpc) is 2.35. The highest BCUT2D eigenvalue weighted by Gasteiger charge is 2.10. The molecule has 0 fully saturated rings. The highest BCUT2D eigenvalue weighted by Crippen LogP contribution is 2.15. The third kappa shape index (κ3) is 6.04. The molecule has 0 unspecified atom stereocenters. The van der Waals surface area contributed by atoms with Gasteiger partial charge in [-0.1, -0.05) is 0 Å². The number of methoxy groups -OCH3 is 1. The molecule has 0 bridgehead atoms. The van der Waals surface area contributed by atoms with Crippen LogP contribution in [0.4, 0.5) is 13.2 Å². The predicted octanol–water partition coefficient (Wildman–Crippen LogP) is 1.90. The van der Waals surface area contributed by atoms with E-state index in [9.17, 15) is 13.2 Å². The Kier molecular flexibility index (Phi) is 7.47. The first-order chi connectivity index (χ1) is 9.15. The largest absolute Gasteiger partial charge is 0.383 e. The minimum absolute atomic E-state index is 0.0794. The first kappa shape index (κ1) is 15.9. The number of halogens is 3. The molecule has 0 radical (unpaired) electrons. The molecule has 6 heteroatoms. The van der Waals surface area contributed by atoms with Crippen molar-refractivity contribution in [3.63, 3.8) is 0 Å². The number of rotatable bonds is 9. The molecule has 0 heterocycles. The smallest absolute Gasteiger partial charge is 0.132 e. The van der Waals surface area contributed by atoms with Crippen molar-refractivity contribution >= 4 is 0 Å². The van der Waals surface area contributed by atoms with Gasteiger partial charge in [0.05, 0.1) is 19.8 Å². The molecule has 1 aromatic rings. The summed E-state index contributed by atoms with van der Waals surface area (Å²) in [5.74, 6) is -2.67. The highest BCUT2D eigenvalue weighted by atomic mass is 19.1. The van der Waals surface area contributed by atoms with Gasteiger partial charge in [-0.25, -0.2) is 13.2 Å². The monoisotopic (exact) mass is 277 g/mol. The molecule has 1 N–H and O–H groups in total. The summed E-state index contributed by atoms with van der Waals surface area (Å²) < 4.78 is 49.3. The Hall–Kier alpha value is -1.11. The second kappa shape index (κ2) is 8.90. The molecule has 19 heavy (non-hydrogen) atoms. The van der Waals surface area contributed by atoms with Crippen LogP contribution in [0.1, 0.15) is 5.56 Å². The summed E-state index contributed by atoms with van der Waals surface area (Å²) in [5, 5.41) is 3.07. The molecule has 0 saturated carbocycles. The first-order valence-electron chi connectivity index (χ1n) is 6.06. The molecule has 0 aromatic heterocycles. The van der Waals surface area contributed by atoms with Crippen LogP contribution in [0.15, 0.2) is 12.1 Å². The Morgan fingerprint density at radius 3 is 2.26 bits per heavy atom. The minimum atomic E-state index is -0.915. The third-order valence-electron chi connectivity index (χ3n) is 2.51. The summed E-state index contributed by atoms with van der Waals surface area (Å²) in [5.41, 5.74) is -0.145. The van der Waals surface area contributed by atoms with Gasteiger partial charge < -0.3 is 14.8 Å². The molecular formula is C13H18F3NO2. The summed E-state index contributed by atoms with van der Waals surface area (Å²) >= 11 is 0. The van der Waals surface area contributed by atoms with Crippen molar-refractivity contribution in [3.8, 4) is 0 Å². The second-order valence-electron chi connectivity index (χ2n) is 3.95. The van der Waals surface area contributed by atoms with Gasteiger partial charge in [-0.2, -0.15) is 0 Å². The van der Waals surface area contributed by atoms with Crippen molar-refractivity contribution in [2.45, 2.75) is 6.42 Å². The van der Waals surface area contributed by atoms with Crippen LogP contribution >= 0.6 is 0 Å². The lowest BCUT2D eigenvalue weighted by atomic mass is 10.1. The van der Waals surface area contributed by atoms with Crippen LogP contribution in [-0.4, -0.2) is 40.0 Å². The van der Waals surface area contributed by atoms with Crippen LogP contribution < -0.4 is 5.32 Å². The lowest BCUT2D eigenvalue weighted by Gasteiger charge is -2.07. The summed E-state index contributed by atoms with van der Waals surface area (Å²) in [7, 11) is 1.62. The number of benzene rings is 1. The molecule has 0 saturated heterocycles. The molecule has 0 spiro atoms. The maximum atomic E-state index is 13.3. The molecule has 1 aromatic carbocycles. The third-order valence-corrected chi connectivity index (χ3v) is 2.51. The quantitative estimate of drug-likeness (QED) is 0.699. The van der Waals surface area contributed by atoms with Crippen molar-refractivity contribution in [1.82, 2.24) is 5.32 Å². The van der Waals surface area contributed by atoms with Gasteiger partial charge in [-0.3, -0.25) is 0 Å². The number of hydrogen-bond donors (Lipinski definition) is 1. The van der Waals surface area contributed by atoms with E-state index in [0.29, 0.717) is 31.9 Å². The SMILES string of the molecule is COCCNCCOCCc1c(F)cc(F)cc1F. The van der Waals surface area contributed by atoms with E-state index in [1.165, 1.54) is 0 Å². The van der Waals surface area contributed by atoms with Crippen LogP contribution in [0.3, 0.4) is 0 Å². The molecule has 0 atom stereocenters. The number of ether oxygens (including phenoxy) is 2. The summed E-state index contributed by atoms with van der Waals surface area (Å²) in [6.07, 6.45) is 0.0794. The molecular weight excluding hydrogens is 259 g/mol.